The van der Waals surface area contributed by atoms with E-state index in [-0.39, 0.29) is 28.0 Å². The molecule has 0 bridgehead atoms. The lowest BCUT2D eigenvalue weighted by Gasteiger charge is -2.22. The van der Waals surface area contributed by atoms with Gasteiger partial charge in [-0.15, -0.1) is 13.2 Å². The minimum Gasteiger partial charge on any atom is -0.406 e. The zero-order chi connectivity index (χ0) is 27.5. The van der Waals surface area contributed by atoms with E-state index in [1.807, 2.05) is 0 Å². The fourth-order valence-electron chi connectivity index (χ4n) is 4.45. The molecule has 2 unspecified atom stereocenters. The SMILES string of the molecule is CC1CC12C(=O)N(c1ccc(OC(F)(F)F)cc1)C(=O)N2c1ccnc(NS(=O)(=O)c2ccc(Cl)cc2)c1. The number of nitrogens with zero attached hydrogens (tertiary/aromatic N) is 3. The van der Waals surface area contributed by atoms with Crippen LogP contribution in [0.1, 0.15) is 13.3 Å². The summed E-state index contributed by atoms with van der Waals surface area (Å²) in [5.74, 6) is -1.36. The molecule has 38 heavy (non-hydrogen) atoms. The van der Waals surface area contributed by atoms with Crippen LogP contribution in [-0.2, 0) is 14.8 Å². The Kier molecular flexibility index (Phi) is 6.03. The number of carbonyl (C=O) groups excluding carboxylic acids is 2. The van der Waals surface area contributed by atoms with E-state index in [9.17, 15) is 31.2 Å². The van der Waals surface area contributed by atoms with Crippen molar-refractivity contribution in [3.05, 3.63) is 71.9 Å². The number of halogens is 4. The average molecular weight is 567 g/mol. The highest BCUT2D eigenvalue weighted by Gasteiger charge is 2.70. The van der Waals surface area contributed by atoms with E-state index in [1.54, 1.807) is 6.92 Å². The maximum Gasteiger partial charge on any atom is 0.573 e. The molecule has 1 aromatic heterocycles. The fraction of sp³-hybridized carbons (Fsp3) is 0.208. The highest BCUT2D eigenvalue weighted by atomic mass is 35.5. The van der Waals surface area contributed by atoms with E-state index in [0.717, 1.165) is 17.0 Å². The quantitative estimate of drug-likeness (QED) is 0.412. The van der Waals surface area contributed by atoms with Crippen LogP contribution in [0.4, 0.5) is 35.2 Å². The number of carbonyl (C=O) groups is 2. The molecule has 2 heterocycles. The van der Waals surface area contributed by atoms with Gasteiger partial charge in [-0.2, -0.15) is 0 Å². The molecule has 5 rings (SSSR count). The first kappa shape index (κ1) is 25.8. The van der Waals surface area contributed by atoms with Crippen LogP contribution in [0.15, 0.2) is 71.8 Å². The van der Waals surface area contributed by atoms with Gasteiger partial charge in [0.15, 0.2) is 0 Å². The highest BCUT2D eigenvalue weighted by Crippen LogP contribution is 2.55. The van der Waals surface area contributed by atoms with Crippen molar-refractivity contribution in [2.24, 2.45) is 5.92 Å². The van der Waals surface area contributed by atoms with Crippen LogP contribution < -0.4 is 19.3 Å². The van der Waals surface area contributed by atoms with Crippen LogP contribution in [0.5, 0.6) is 5.75 Å². The summed E-state index contributed by atoms with van der Waals surface area (Å²) in [6.45, 7) is 1.79. The maximum absolute atomic E-state index is 13.5. The van der Waals surface area contributed by atoms with E-state index in [2.05, 4.69) is 14.4 Å². The van der Waals surface area contributed by atoms with E-state index < -0.39 is 39.6 Å². The Morgan fingerprint density at radius 1 is 1.05 bits per heavy atom. The second kappa shape index (κ2) is 8.88. The third-order valence-electron chi connectivity index (χ3n) is 6.32. The number of alkyl halides is 3. The molecule has 2 atom stereocenters. The van der Waals surface area contributed by atoms with Crippen LogP contribution in [0.3, 0.4) is 0 Å². The molecule has 1 aliphatic carbocycles. The van der Waals surface area contributed by atoms with Crippen molar-refractivity contribution in [1.29, 1.82) is 0 Å². The third kappa shape index (κ3) is 4.52. The molecule has 2 aromatic carbocycles. The summed E-state index contributed by atoms with van der Waals surface area (Å²) < 4.78 is 69.3. The predicted molar refractivity (Wildman–Crippen MR) is 131 cm³/mol. The smallest absolute Gasteiger partial charge is 0.406 e. The number of imide groups is 1. The first-order chi connectivity index (χ1) is 17.8. The number of hydrogen-bond donors (Lipinski definition) is 1. The Morgan fingerprint density at radius 3 is 2.26 bits per heavy atom. The largest absolute Gasteiger partial charge is 0.573 e. The standard InChI is InChI=1S/C24H18ClF3N4O5S/c1-14-13-23(14)21(33)31(16-4-6-18(7-5-16)37-24(26,27)28)22(34)32(23)17-10-11-29-20(12-17)30-38(35,36)19-8-2-15(25)3-9-19/h2-12,14H,13H2,1H3,(H,29,30). The summed E-state index contributed by atoms with van der Waals surface area (Å²) in [6, 6.07) is 11.9. The zero-order valence-corrected chi connectivity index (χ0v) is 21.0. The molecule has 198 valence electrons. The number of urea groups is 1. The molecular weight excluding hydrogens is 549 g/mol. The number of ether oxygens (including phenoxy) is 1. The molecular formula is C24H18ClF3N4O5S. The number of nitrogens with one attached hydrogen (secondary N) is 1. The molecule has 1 aliphatic heterocycles. The van der Waals surface area contributed by atoms with Gasteiger partial charge in [-0.1, -0.05) is 18.5 Å². The summed E-state index contributed by atoms with van der Waals surface area (Å²) in [6.07, 6.45) is -3.25. The van der Waals surface area contributed by atoms with Crippen molar-refractivity contribution in [2.45, 2.75) is 30.1 Å². The second-order valence-electron chi connectivity index (χ2n) is 8.79. The van der Waals surface area contributed by atoms with Gasteiger partial charge in [-0.05, 0) is 66.9 Å². The lowest BCUT2D eigenvalue weighted by atomic mass is 10.1. The van der Waals surface area contributed by atoms with Crippen LogP contribution in [0, 0.1) is 5.92 Å². The van der Waals surface area contributed by atoms with Crippen LogP contribution >= 0.6 is 11.6 Å². The first-order valence-electron chi connectivity index (χ1n) is 11.1. The van der Waals surface area contributed by atoms with E-state index in [0.29, 0.717) is 11.4 Å². The van der Waals surface area contributed by atoms with Crippen LogP contribution in [-0.4, -0.2) is 37.2 Å². The van der Waals surface area contributed by atoms with E-state index in [1.165, 1.54) is 59.6 Å². The molecule has 1 spiro atoms. The molecule has 1 saturated heterocycles. The fourth-order valence-corrected chi connectivity index (χ4v) is 5.58. The molecule has 2 fully saturated rings. The Morgan fingerprint density at radius 2 is 1.68 bits per heavy atom. The monoisotopic (exact) mass is 566 g/mol. The summed E-state index contributed by atoms with van der Waals surface area (Å²) >= 11 is 5.83. The highest BCUT2D eigenvalue weighted by molar-refractivity contribution is 7.92. The van der Waals surface area contributed by atoms with E-state index in [4.69, 9.17) is 11.6 Å². The van der Waals surface area contributed by atoms with Gasteiger partial charge in [0.05, 0.1) is 16.3 Å². The number of anilines is 3. The van der Waals surface area contributed by atoms with Crippen molar-refractivity contribution < 1.29 is 35.9 Å². The van der Waals surface area contributed by atoms with Crippen molar-refractivity contribution in [3.8, 4) is 5.75 Å². The lowest BCUT2D eigenvalue weighted by molar-refractivity contribution is -0.274. The lowest BCUT2D eigenvalue weighted by Crippen LogP contribution is -2.39. The summed E-state index contributed by atoms with van der Waals surface area (Å²) in [5, 5.41) is 0.359. The molecule has 0 radical (unpaired) electrons. The molecule has 1 saturated carbocycles. The summed E-state index contributed by atoms with van der Waals surface area (Å²) in [5.41, 5.74) is -0.935. The summed E-state index contributed by atoms with van der Waals surface area (Å²) in [7, 11) is -4.03. The van der Waals surface area contributed by atoms with Gasteiger partial charge < -0.3 is 4.74 Å². The van der Waals surface area contributed by atoms with Gasteiger partial charge in [-0.25, -0.2) is 23.1 Å². The van der Waals surface area contributed by atoms with Gasteiger partial charge >= 0.3 is 12.4 Å². The van der Waals surface area contributed by atoms with Gasteiger partial charge in [0.25, 0.3) is 15.9 Å². The molecule has 3 aromatic rings. The van der Waals surface area contributed by atoms with Crippen molar-refractivity contribution in [2.75, 3.05) is 14.5 Å². The minimum absolute atomic E-state index is 0.0575. The Balaban J connectivity index is 1.45. The topological polar surface area (TPSA) is 109 Å². The number of amides is 3. The van der Waals surface area contributed by atoms with E-state index >= 15 is 0 Å². The zero-order valence-electron chi connectivity index (χ0n) is 19.4. The number of benzene rings is 2. The number of aromatic nitrogens is 1. The number of rotatable bonds is 6. The molecule has 1 N–H and O–H groups in total. The van der Waals surface area contributed by atoms with Crippen molar-refractivity contribution >= 4 is 50.8 Å². The molecule has 9 nitrogen and oxygen atoms in total. The molecule has 2 aliphatic rings. The third-order valence-corrected chi connectivity index (χ3v) is 7.94. The van der Waals surface area contributed by atoms with Crippen molar-refractivity contribution in [3.63, 3.8) is 0 Å². The van der Waals surface area contributed by atoms with Gasteiger partial charge in [0.1, 0.15) is 17.1 Å². The normalized spacial score (nSPS) is 21.2. The second-order valence-corrected chi connectivity index (χ2v) is 10.9. The Bertz CT molecular complexity index is 1530. The van der Waals surface area contributed by atoms with Crippen LogP contribution in [0.2, 0.25) is 5.02 Å². The van der Waals surface area contributed by atoms with Crippen molar-refractivity contribution in [1.82, 2.24) is 4.98 Å². The number of pyridine rings is 1. The Labute approximate surface area is 219 Å². The molecule has 14 heteroatoms. The average Bonchev–Trinajstić information content (AvgIpc) is 3.44. The Hall–Kier alpha value is -3.84. The van der Waals surface area contributed by atoms with Gasteiger partial charge in [0.2, 0.25) is 0 Å². The number of sulfonamides is 1. The first-order valence-corrected chi connectivity index (χ1v) is 13.0. The minimum atomic E-state index is -4.89. The van der Waals surface area contributed by atoms with Gasteiger partial charge in [0, 0.05) is 17.3 Å². The van der Waals surface area contributed by atoms with Gasteiger partial charge in [-0.3, -0.25) is 14.4 Å². The predicted octanol–water partition coefficient (Wildman–Crippen LogP) is 5.19. The number of hydrogen-bond acceptors (Lipinski definition) is 6. The summed E-state index contributed by atoms with van der Waals surface area (Å²) in [4.78, 5) is 33.1. The van der Waals surface area contributed by atoms with Crippen LogP contribution in [0.25, 0.3) is 0 Å². The molecule has 3 amide bonds. The maximum atomic E-state index is 13.5.